The Morgan fingerprint density at radius 1 is 1.17 bits per heavy atom. The summed E-state index contributed by atoms with van der Waals surface area (Å²) in [7, 11) is 0. The van der Waals surface area contributed by atoms with E-state index in [0.29, 0.717) is 11.5 Å². The van der Waals surface area contributed by atoms with Gasteiger partial charge >= 0.3 is 0 Å². The number of piperazine rings is 1. The number of rotatable bonds is 4. The van der Waals surface area contributed by atoms with Gasteiger partial charge in [-0.3, -0.25) is 4.79 Å². The van der Waals surface area contributed by atoms with Crippen LogP contribution in [0.25, 0.3) is 0 Å². The van der Waals surface area contributed by atoms with Gasteiger partial charge in [0.1, 0.15) is 37.7 Å². The normalized spacial score (nSPS) is 24.6. The van der Waals surface area contributed by atoms with Crippen LogP contribution in [0.1, 0.15) is 20.8 Å². The van der Waals surface area contributed by atoms with Crippen molar-refractivity contribution in [1.82, 2.24) is 5.32 Å². The molecular formula is C12H26N4OS+2. The highest BCUT2D eigenvalue weighted by Crippen LogP contribution is 1.96. The first kappa shape index (κ1) is 15.3. The Bertz CT molecular complexity index is 306. The molecule has 1 heterocycles. The Morgan fingerprint density at radius 3 is 2.00 bits per heavy atom. The number of nitrogens with one attached hydrogen (secondary N) is 3. The summed E-state index contributed by atoms with van der Waals surface area (Å²) in [6.07, 6.45) is 0. The molecule has 0 atom stereocenters. The average molecular weight is 274 g/mol. The van der Waals surface area contributed by atoms with Gasteiger partial charge in [0.15, 0.2) is 6.54 Å². The van der Waals surface area contributed by atoms with E-state index >= 15 is 0 Å². The second-order valence-corrected chi connectivity index (χ2v) is 6.64. The van der Waals surface area contributed by atoms with E-state index in [1.54, 1.807) is 0 Å². The van der Waals surface area contributed by atoms with Gasteiger partial charge in [-0.05, 0) is 20.8 Å². The van der Waals surface area contributed by atoms with Crippen LogP contribution in [-0.4, -0.2) is 55.7 Å². The highest BCUT2D eigenvalue weighted by molar-refractivity contribution is 7.80. The molecule has 0 radical (unpaired) electrons. The van der Waals surface area contributed by atoms with E-state index in [1.165, 1.54) is 9.80 Å². The molecule has 1 aliphatic rings. The summed E-state index contributed by atoms with van der Waals surface area (Å²) >= 11 is 4.92. The number of hydrogen-bond acceptors (Lipinski definition) is 2. The van der Waals surface area contributed by atoms with E-state index in [1.807, 2.05) is 20.8 Å². The lowest BCUT2D eigenvalue weighted by molar-refractivity contribution is -1.00. The van der Waals surface area contributed by atoms with Crippen molar-refractivity contribution in [3.8, 4) is 0 Å². The summed E-state index contributed by atoms with van der Waals surface area (Å²) in [5.41, 5.74) is 5.40. The van der Waals surface area contributed by atoms with Crippen molar-refractivity contribution in [2.75, 3.05) is 39.3 Å². The summed E-state index contributed by atoms with van der Waals surface area (Å²) in [6.45, 7) is 11.4. The lowest BCUT2D eigenvalue weighted by atomic mass is 10.1. The fourth-order valence-electron chi connectivity index (χ4n) is 2.25. The topological polar surface area (TPSA) is 64.0 Å². The van der Waals surface area contributed by atoms with Crippen molar-refractivity contribution in [1.29, 1.82) is 0 Å². The van der Waals surface area contributed by atoms with E-state index in [-0.39, 0.29) is 11.4 Å². The molecule has 0 aliphatic carbocycles. The van der Waals surface area contributed by atoms with Gasteiger partial charge in [0.25, 0.3) is 5.91 Å². The molecule has 104 valence electrons. The predicted molar refractivity (Wildman–Crippen MR) is 75.8 cm³/mol. The molecule has 0 unspecified atom stereocenters. The van der Waals surface area contributed by atoms with E-state index < -0.39 is 0 Å². The summed E-state index contributed by atoms with van der Waals surface area (Å²) in [4.78, 5) is 15.2. The number of nitrogens with two attached hydrogens (primary N) is 1. The molecule has 0 aromatic heterocycles. The molecule has 1 aliphatic heterocycles. The molecule has 0 aromatic rings. The van der Waals surface area contributed by atoms with E-state index in [0.717, 1.165) is 32.7 Å². The molecule has 5 N–H and O–H groups in total. The summed E-state index contributed by atoms with van der Waals surface area (Å²) in [5, 5.41) is 3.00. The summed E-state index contributed by atoms with van der Waals surface area (Å²) in [5.74, 6) is 0.135. The first-order valence-electron chi connectivity index (χ1n) is 6.53. The number of amides is 1. The first-order chi connectivity index (χ1) is 8.26. The van der Waals surface area contributed by atoms with Gasteiger partial charge in [0, 0.05) is 5.54 Å². The minimum atomic E-state index is -0.144. The maximum absolute atomic E-state index is 11.8. The van der Waals surface area contributed by atoms with Crippen molar-refractivity contribution >= 4 is 23.1 Å². The molecule has 1 saturated heterocycles. The van der Waals surface area contributed by atoms with Crippen molar-refractivity contribution < 1.29 is 14.6 Å². The minimum Gasteiger partial charge on any atom is -0.389 e. The fraction of sp³-hybridized carbons (Fsp3) is 0.833. The molecule has 0 saturated carbocycles. The van der Waals surface area contributed by atoms with Gasteiger partial charge in [-0.2, -0.15) is 0 Å². The lowest BCUT2D eigenvalue weighted by Gasteiger charge is -2.30. The maximum Gasteiger partial charge on any atom is 0.275 e. The fourth-order valence-corrected chi connectivity index (χ4v) is 2.45. The second-order valence-electron chi connectivity index (χ2n) is 6.12. The zero-order valence-corrected chi connectivity index (χ0v) is 12.5. The van der Waals surface area contributed by atoms with Crippen LogP contribution in [0.5, 0.6) is 0 Å². The summed E-state index contributed by atoms with van der Waals surface area (Å²) < 4.78 is 0. The molecule has 0 aromatic carbocycles. The molecule has 0 spiro atoms. The number of hydrogen-bond donors (Lipinski definition) is 4. The van der Waals surface area contributed by atoms with E-state index in [2.05, 4.69) is 5.32 Å². The lowest BCUT2D eigenvalue weighted by Crippen LogP contribution is -3.28. The minimum absolute atomic E-state index is 0.135. The van der Waals surface area contributed by atoms with Crippen LogP contribution in [-0.2, 0) is 4.79 Å². The zero-order valence-electron chi connectivity index (χ0n) is 11.6. The zero-order chi connectivity index (χ0) is 13.8. The monoisotopic (exact) mass is 274 g/mol. The number of carbonyl (C=O) groups is 1. The van der Waals surface area contributed by atoms with Crippen LogP contribution >= 0.6 is 12.2 Å². The van der Waals surface area contributed by atoms with Crippen molar-refractivity contribution in [2.24, 2.45) is 5.73 Å². The second kappa shape index (κ2) is 6.45. The van der Waals surface area contributed by atoms with Gasteiger partial charge in [-0.25, -0.2) is 0 Å². The van der Waals surface area contributed by atoms with Crippen LogP contribution in [0.4, 0.5) is 0 Å². The maximum atomic E-state index is 11.8. The van der Waals surface area contributed by atoms with Crippen LogP contribution < -0.4 is 20.9 Å². The SMILES string of the molecule is CC(C)(C)NC(=O)C[NH+]1CC[NH+](CC(N)=S)CC1. The van der Waals surface area contributed by atoms with Crippen LogP contribution in [0, 0.1) is 0 Å². The van der Waals surface area contributed by atoms with Gasteiger partial charge in [-0.15, -0.1) is 0 Å². The molecule has 1 fully saturated rings. The standard InChI is InChI=1S/C12H24N4OS/c1-12(2,3)14-11(17)9-16-6-4-15(5-7-16)8-10(13)18/h4-9H2,1-3H3,(H2,13,18)(H,14,17)/p+2. The van der Waals surface area contributed by atoms with Gasteiger partial charge < -0.3 is 20.9 Å². The molecular weight excluding hydrogens is 248 g/mol. The van der Waals surface area contributed by atoms with Gasteiger partial charge in [0.05, 0.1) is 0 Å². The average Bonchev–Trinajstić information content (AvgIpc) is 2.17. The third kappa shape index (κ3) is 6.28. The Labute approximate surface area is 115 Å². The number of carbonyl (C=O) groups excluding carboxylic acids is 1. The third-order valence-electron chi connectivity index (χ3n) is 3.01. The van der Waals surface area contributed by atoms with Crippen LogP contribution in [0.15, 0.2) is 0 Å². The van der Waals surface area contributed by atoms with Crippen molar-refractivity contribution in [2.45, 2.75) is 26.3 Å². The smallest absolute Gasteiger partial charge is 0.275 e. The first-order valence-corrected chi connectivity index (χ1v) is 6.93. The molecule has 0 bridgehead atoms. The largest absolute Gasteiger partial charge is 0.389 e. The van der Waals surface area contributed by atoms with E-state index in [4.69, 9.17) is 18.0 Å². The van der Waals surface area contributed by atoms with E-state index in [9.17, 15) is 4.79 Å². The molecule has 5 nitrogen and oxygen atoms in total. The number of quaternary nitrogens is 2. The Hall–Kier alpha value is -0.720. The highest BCUT2D eigenvalue weighted by atomic mass is 32.1. The molecule has 1 amide bonds. The highest BCUT2D eigenvalue weighted by Gasteiger charge is 2.26. The van der Waals surface area contributed by atoms with Crippen molar-refractivity contribution in [3.63, 3.8) is 0 Å². The number of thiocarbonyl (C=S) groups is 1. The Kier molecular flexibility index (Phi) is 5.49. The van der Waals surface area contributed by atoms with Gasteiger partial charge in [-0.1, -0.05) is 12.2 Å². The quantitative estimate of drug-likeness (QED) is 0.413. The molecule has 1 rings (SSSR count). The molecule has 6 heteroatoms. The van der Waals surface area contributed by atoms with Crippen LogP contribution in [0.2, 0.25) is 0 Å². The predicted octanol–water partition coefficient (Wildman–Crippen LogP) is -3.03. The Morgan fingerprint density at radius 2 is 1.61 bits per heavy atom. The van der Waals surface area contributed by atoms with Crippen molar-refractivity contribution in [3.05, 3.63) is 0 Å². The van der Waals surface area contributed by atoms with Crippen LogP contribution in [0.3, 0.4) is 0 Å². The third-order valence-corrected chi connectivity index (χ3v) is 3.16. The van der Waals surface area contributed by atoms with Gasteiger partial charge in [0.2, 0.25) is 0 Å². The summed E-state index contributed by atoms with van der Waals surface area (Å²) in [6, 6.07) is 0. The molecule has 18 heavy (non-hydrogen) atoms. The Balaban J connectivity index is 2.27.